The average molecular weight is 449 g/mol. The largest absolute Gasteiger partial charge is 0.497 e. The standard InChI is InChI=1S/C21H21ClN2O5S/c1-28-17-5-6-19-15(11-21(25)29-20(19)13-17)14-23-7-9-24(10-8-23)30(26,27)18-4-2-3-16(22)12-18/h2-6,11-13H,7-10,14H2,1H3. The second-order valence-corrected chi connectivity index (χ2v) is 9.46. The number of rotatable bonds is 5. The van der Waals surface area contributed by atoms with Crippen molar-refractivity contribution in [2.75, 3.05) is 33.3 Å². The summed E-state index contributed by atoms with van der Waals surface area (Å²) in [6.07, 6.45) is 0. The molecule has 9 heteroatoms. The zero-order valence-electron chi connectivity index (χ0n) is 16.4. The van der Waals surface area contributed by atoms with E-state index in [9.17, 15) is 13.2 Å². The van der Waals surface area contributed by atoms with Gasteiger partial charge in [0.05, 0.1) is 12.0 Å². The first-order valence-electron chi connectivity index (χ1n) is 9.46. The second-order valence-electron chi connectivity index (χ2n) is 7.09. The third-order valence-corrected chi connectivity index (χ3v) is 7.33. The Balaban J connectivity index is 1.50. The second kappa shape index (κ2) is 8.39. The molecule has 7 nitrogen and oxygen atoms in total. The first-order chi connectivity index (χ1) is 14.4. The predicted molar refractivity (Wildman–Crippen MR) is 115 cm³/mol. The quantitative estimate of drug-likeness (QED) is 0.558. The molecule has 2 aromatic carbocycles. The smallest absolute Gasteiger partial charge is 0.336 e. The maximum atomic E-state index is 12.9. The van der Waals surface area contributed by atoms with Gasteiger partial charge in [-0.2, -0.15) is 4.31 Å². The Kier molecular flexibility index (Phi) is 5.84. The van der Waals surface area contributed by atoms with Crippen LogP contribution >= 0.6 is 11.6 Å². The van der Waals surface area contributed by atoms with Crippen LogP contribution in [0.25, 0.3) is 11.0 Å². The number of benzene rings is 2. The van der Waals surface area contributed by atoms with Crippen LogP contribution < -0.4 is 10.4 Å². The topological polar surface area (TPSA) is 80.1 Å². The number of ether oxygens (including phenoxy) is 1. The molecule has 0 radical (unpaired) electrons. The third-order valence-electron chi connectivity index (χ3n) is 5.20. The van der Waals surface area contributed by atoms with Crippen molar-refractivity contribution in [3.8, 4) is 5.75 Å². The van der Waals surface area contributed by atoms with Crippen LogP contribution in [0.5, 0.6) is 5.75 Å². The van der Waals surface area contributed by atoms with Crippen molar-refractivity contribution in [1.29, 1.82) is 0 Å². The fourth-order valence-electron chi connectivity index (χ4n) is 3.61. The minimum atomic E-state index is -3.59. The van der Waals surface area contributed by atoms with Gasteiger partial charge in [0, 0.05) is 55.3 Å². The van der Waals surface area contributed by atoms with E-state index >= 15 is 0 Å². The SMILES string of the molecule is COc1ccc2c(CN3CCN(S(=O)(=O)c4cccc(Cl)c4)CC3)cc(=O)oc2c1. The van der Waals surface area contributed by atoms with Crippen LogP contribution in [-0.2, 0) is 16.6 Å². The average Bonchev–Trinajstić information content (AvgIpc) is 2.73. The molecule has 0 spiro atoms. The summed E-state index contributed by atoms with van der Waals surface area (Å²) in [6, 6.07) is 13.2. The number of hydrogen-bond donors (Lipinski definition) is 0. The Morgan fingerprint density at radius 2 is 1.83 bits per heavy atom. The molecule has 0 saturated carbocycles. The summed E-state index contributed by atoms with van der Waals surface area (Å²) in [5, 5.41) is 1.23. The van der Waals surface area contributed by atoms with Gasteiger partial charge in [0.2, 0.25) is 10.0 Å². The van der Waals surface area contributed by atoms with Crippen molar-refractivity contribution in [2.24, 2.45) is 0 Å². The molecule has 2 heterocycles. The first-order valence-corrected chi connectivity index (χ1v) is 11.3. The van der Waals surface area contributed by atoms with E-state index in [2.05, 4.69) is 4.90 Å². The third kappa shape index (κ3) is 4.22. The van der Waals surface area contributed by atoms with Crippen molar-refractivity contribution < 1.29 is 17.6 Å². The van der Waals surface area contributed by atoms with Crippen LogP contribution in [0.4, 0.5) is 0 Å². The summed E-state index contributed by atoms with van der Waals surface area (Å²) in [7, 11) is -2.03. The van der Waals surface area contributed by atoms with E-state index < -0.39 is 15.6 Å². The summed E-state index contributed by atoms with van der Waals surface area (Å²) in [5.74, 6) is 0.614. The molecule has 0 N–H and O–H groups in total. The molecule has 0 bridgehead atoms. The molecule has 4 rings (SSSR count). The van der Waals surface area contributed by atoms with Crippen LogP contribution in [0.15, 0.2) is 62.6 Å². The fourth-order valence-corrected chi connectivity index (χ4v) is 5.34. The number of piperazine rings is 1. The van der Waals surface area contributed by atoms with E-state index in [4.69, 9.17) is 20.8 Å². The molecule has 1 aliphatic heterocycles. The summed E-state index contributed by atoms with van der Waals surface area (Å²) < 4.78 is 37.7. The highest BCUT2D eigenvalue weighted by atomic mass is 35.5. The summed E-state index contributed by atoms with van der Waals surface area (Å²) in [6.45, 7) is 2.36. The van der Waals surface area contributed by atoms with E-state index in [-0.39, 0.29) is 4.90 Å². The van der Waals surface area contributed by atoms with Gasteiger partial charge in [0.15, 0.2) is 0 Å². The van der Waals surface area contributed by atoms with E-state index in [1.807, 2.05) is 12.1 Å². The highest BCUT2D eigenvalue weighted by Crippen LogP contribution is 2.25. The molecule has 0 unspecified atom stereocenters. The Morgan fingerprint density at radius 1 is 1.07 bits per heavy atom. The highest BCUT2D eigenvalue weighted by molar-refractivity contribution is 7.89. The van der Waals surface area contributed by atoms with E-state index in [0.29, 0.717) is 49.1 Å². The normalized spacial score (nSPS) is 16.1. The lowest BCUT2D eigenvalue weighted by Crippen LogP contribution is -2.48. The van der Waals surface area contributed by atoms with Crippen molar-refractivity contribution in [1.82, 2.24) is 9.21 Å². The fraction of sp³-hybridized carbons (Fsp3) is 0.286. The maximum absolute atomic E-state index is 12.9. The van der Waals surface area contributed by atoms with Crippen LogP contribution in [-0.4, -0.2) is 50.9 Å². The van der Waals surface area contributed by atoms with Crippen LogP contribution in [0.2, 0.25) is 5.02 Å². The van der Waals surface area contributed by atoms with Crippen LogP contribution in [0.3, 0.4) is 0 Å². The van der Waals surface area contributed by atoms with Crippen molar-refractivity contribution >= 4 is 32.6 Å². The molecule has 0 atom stereocenters. The number of hydrogen-bond acceptors (Lipinski definition) is 6. The molecular weight excluding hydrogens is 428 g/mol. The molecular formula is C21H21ClN2O5S. The van der Waals surface area contributed by atoms with Crippen LogP contribution in [0.1, 0.15) is 5.56 Å². The highest BCUT2D eigenvalue weighted by Gasteiger charge is 2.28. The number of nitrogens with zero attached hydrogens (tertiary/aromatic N) is 2. The van der Waals surface area contributed by atoms with E-state index in [0.717, 1.165) is 10.9 Å². The molecule has 0 aliphatic carbocycles. The van der Waals surface area contributed by atoms with Gasteiger partial charge >= 0.3 is 5.63 Å². The lowest BCUT2D eigenvalue weighted by Gasteiger charge is -2.34. The number of sulfonamides is 1. The van der Waals surface area contributed by atoms with Gasteiger partial charge in [0.1, 0.15) is 11.3 Å². The molecule has 158 valence electrons. The molecule has 1 saturated heterocycles. The Bertz CT molecular complexity index is 1230. The minimum Gasteiger partial charge on any atom is -0.497 e. The Labute approximate surface area is 179 Å². The predicted octanol–water partition coefficient (Wildman–Crippen LogP) is 2.96. The molecule has 3 aromatic rings. The zero-order valence-corrected chi connectivity index (χ0v) is 17.9. The van der Waals surface area contributed by atoms with Crippen molar-refractivity contribution in [2.45, 2.75) is 11.4 Å². The van der Waals surface area contributed by atoms with Gasteiger partial charge in [-0.25, -0.2) is 13.2 Å². The van der Waals surface area contributed by atoms with Crippen molar-refractivity contribution in [3.63, 3.8) is 0 Å². The monoisotopic (exact) mass is 448 g/mol. The first kappa shape index (κ1) is 20.9. The molecule has 1 aliphatic rings. The summed E-state index contributed by atoms with van der Waals surface area (Å²) >= 11 is 5.95. The summed E-state index contributed by atoms with van der Waals surface area (Å²) in [4.78, 5) is 14.3. The van der Waals surface area contributed by atoms with Crippen molar-refractivity contribution in [3.05, 3.63) is 69.5 Å². The molecule has 30 heavy (non-hydrogen) atoms. The number of fused-ring (bicyclic) bond motifs is 1. The lowest BCUT2D eigenvalue weighted by atomic mass is 10.1. The minimum absolute atomic E-state index is 0.198. The summed E-state index contributed by atoms with van der Waals surface area (Å²) in [5.41, 5.74) is 0.891. The number of halogens is 1. The molecule has 0 amide bonds. The Morgan fingerprint density at radius 3 is 2.53 bits per heavy atom. The van der Waals surface area contributed by atoms with Gasteiger partial charge in [-0.3, -0.25) is 4.90 Å². The maximum Gasteiger partial charge on any atom is 0.336 e. The van der Waals surface area contributed by atoms with Gasteiger partial charge in [0.25, 0.3) is 0 Å². The Hall–Kier alpha value is -2.39. The van der Waals surface area contributed by atoms with Gasteiger partial charge in [-0.05, 0) is 35.9 Å². The molecule has 1 fully saturated rings. The zero-order chi connectivity index (χ0) is 21.3. The number of methoxy groups -OCH3 is 1. The molecule has 1 aromatic heterocycles. The van der Waals surface area contributed by atoms with Gasteiger partial charge in [-0.1, -0.05) is 17.7 Å². The lowest BCUT2D eigenvalue weighted by molar-refractivity contribution is 0.182. The van der Waals surface area contributed by atoms with Gasteiger partial charge in [-0.15, -0.1) is 0 Å². The van der Waals surface area contributed by atoms with Crippen LogP contribution in [0, 0.1) is 0 Å². The van der Waals surface area contributed by atoms with Gasteiger partial charge < -0.3 is 9.15 Å². The van der Waals surface area contributed by atoms with E-state index in [1.165, 1.54) is 16.4 Å². The van der Waals surface area contributed by atoms with E-state index in [1.54, 1.807) is 31.4 Å².